The molecule has 3 aromatic rings. The van der Waals surface area contributed by atoms with E-state index in [1.807, 2.05) is 19.1 Å². The van der Waals surface area contributed by atoms with E-state index in [-0.39, 0.29) is 10.7 Å². The molecule has 7 nitrogen and oxygen atoms in total. The van der Waals surface area contributed by atoms with Gasteiger partial charge in [-0.15, -0.1) is 0 Å². The van der Waals surface area contributed by atoms with Crippen molar-refractivity contribution in [2.24, 2.45) is 5.10 Å². The van der Waals surface area contributed by atoms with Crippen molar-refractivity contribution in [1.29, 1.82) is 0 Å². The molecule has 0 heterocycles. The van der Waals surface area contributed by atoms with E-state index in [0.29, 0.717) is 39.8 Å². The van der Waals surface area contributed by atoms with Gasteiger partial charge in [0.15, 0.2) is 11.5 Å². The number of nitrogens with one attached hydrogen (secondary N) is 2. The Hall–Kier alpha value is -3.14. The molecule has 182 valence electrons. The van der Waals surface area contributed by atoms with Crippen LogP contribution in [0.25, 0.3) is 0 Å². The molecule has 35 heavy (non-hydrogen) atoms. The standard InChI is InChI=1S/C24H19BrCl2FN3O4/c1-2-34-21-10-15(9-18(25)22(21)35-13-14-3-5-16(26)6-4-14)12-29-31-24(33)23(32)30-17-7-8-20(28)19(27)11-17/h3-12H,2,13H2,1H3,(H,30,32)(H,31,33)/b29-12+. The van der Waals surface area contributed by atoms with Gasteiger partial charge in [0.2, 0.25) is 0 Å². The van der Waals surface area contributed by atoms with E-state index >= 15 is 0 Å². The number of hydrogen-bond donors (Lipinski definition) is 2. The summed E-state index contributed by atoms with van der Waals surface area (Å²) in [6, 6.07) is 14.2. The number of halogens is 4. The van der Waals surface area contributed by atoms with Gasteiger partial charge in [0.1, 0.15) is 12.4 Å². The number of carbonyl (C=O) groups is 2. The number of anilines is 1. The lowest BCUT2D eigenvalue weighted by Crippen LogP contribution is -2.32. The first-order chi connectivity index (χ1) is 16.8. The summed E-state index contributed by atoms with van der Waals surface area (Å²) in [5, 5.41) is 6.57. The van der Waals surface area contributed by atoms with Crippen molar-refractivity contribution in [1.82, 2.24) is 5.43 Å². The van der Waals surface area contributed by atoms with Crippen molar-refractivity contribution in [3.63, 3.8) is 0 Å². The molecule has 0 saturated heterocycles. The Bertz CT molecular complexity index is 1260. The molecule has 0 aliphatic carbocycles. The molecular weight excluding hydrogens is 564 g/mol. The Morgan fingerprint density at radius 2 is 1.80 bits per heavy atom. The molecule has 0 saturated carbocycles. The van der Waals surface area contributed by atoms with Gasteiger partial charge in [-0.25, -0.2) is 9.82 Å². The minimum atomic E-state index is -1.02. The quantitative estimate of drug-likeness (QED) is 0.195. The smallest absolute Gasteiger partial charge is 0.329 e. The number of carbonyl (C=O) groups excluding carboxylic acids is 2. The largest absolute Gasteiger partial charge is 0.490 e. The Labute approximate surface area is 219 Å². The van der Waals surface area contributed by atoms with Gasteiger partial charge in [-0.1, -0.05) is 35.3 Å². The van der Waals surface area contributed by atoms with Gasteiger partial charge in [-0.2, -0.15) is 5.10 Å². The number of benzene rings is 3. The number of hydrazone groups is 1. The molecule has 0 aliphatic rings. The van der Waals surface area contributed by atoms with Crippen LogP contribution in [-0.4, -0.2) is 24.6 Å². The molecule has 3 rings (SSSR count). The van der Waals surface area contributed by atoms with Crippen LogP contribution in [0.3, 0.4) is 0 Å². The van der Waals surface area contributed by atoms with Crippen molar-refractivity contribution in [3.8, 4) is 11.5 Å². The fourth-order valence-electron chi connectivity index (χ4n) is 2.78. The second kappa shape index (κ2) is 12.5. The van der Waals surface area contributed by atoms with Gasteiger partial charge in [0.05, 0.1) is 22.3 Å². The van der Waals surface area contributed by atoms with E-state index in [2.05, 4.69) is 31.8 Å². The highest BCUT2D eigenvalue weighted by Crippen LogP contribution is 2.37. The van der Waals surface area contributed by atoms with Crippen LogP contribution in [0.2, 0.25) is 10.0 Å². The first-order valence-electron chi connectivity index (χ1n) is 10.2. The molecule has 0 atom stereocenters. The summed E-state index contributed by atoms with van der Waals surface area (Å²) in [5.41, 5.74) is 3.80. The van der Waals surface area contributed by atoms with Crippen LogP contribution in [0.5, 0.6) is 11.5 Å². The van der Waals surface area contributed by atoms with Crippen molar-refractivity contribution < 1.29 is 23.5 Å². The van der Waals surface area contributed by atoms with Gasteiger partial charge in [-0.05, 0) is 76.4 Å². The van der Waals surface area contributed by atoms with Gasteiger partial charge >= 0.3 is 11.8 Å². The highest BCUT2D eigenvalue weighted by atomic mass is 79.9. The lowest BCUT2D eigenvalue weighted by Gasteiger charge is -2.14. The van der Waals surface area contributed by atoms with Crippen LogP contribution in [0, 0.1) is 5.82 Å². The Morgan fingerprint density at radius 3 is 2.49 bits per heavy atom. The summed E-state index contributed by atoms with van der Waals surface area (Å²) in [7, 11) is 0. The summed E-state index contributed by atoms with van der Waals surface area (Å²) in [6.07, 6.45) is 1.34. The fraction of sp³-hybridized carbons (Fsp3) is 0.125. The zero-order chi connectivity index (χ0) is 25.4. The summed E-state index contributed by atoms with van der Waals surface area (Å²) in [5.74, 6) is -1.69. The third-order valence-corrected chi connectivity index (χ3v) is 5.52. The molecule has 0 aliphatic heterocycles. The third kappa shape index (κ3) is 7.68. The Morgan fingerprint density at radius 1 is 1.06 bits per heavy atom. The fourth-order valence-corrected chi connectivity index (χ4v) is 3.66. The monoisotopic (exact) mass is 581 g/mol. The topological polar surface area (TPSA) is 89.0 Å². The molecule has 0 bridgehead atoms. The molecule has 0 aromatic heterocycles. The van der Waals surface area contributed by atoms with Gasteiger partial charge in [-0.3, -0.25) is 9.59 Å². The number of rotatable bonds is 8. The molecule has 11 heteroatoms. The summed E-state index contributed by atoms with van der Waals surface area (Å²) >= 11 is 15.1. The Balaban J connectivity index is 1.64. The number of ether oxygens (including phenoxy) is 2. The van der Waals surface area contributed by atoms with E-state index in [9.17, 15) is 14.0 Å². The first-order valence-corrected chi connectivity index (χ1v) is 11.7. The van der Waals surface area contributed by atoms with E-state index < -0.39 is 17.6 Å². The Kier molecular flexibility index (Phi) is 9.47. The van der Waals surface area contributed by atoms with Crippen LogP contribution in [0.1, 0.15) is 18.1 Å². The zero-order valence-corrected chi connectivity index (χ0v) is 21.4. The second-order valence-corrected chi connectivity index (χ2v) is 8.66. The van der Waals surface area contributed by atoms with Crippen molar-refractivity contribution in [2.75, 3.05) is 11.9 Å². The highest BCUT2D eigenvalue weighted by Gasteiger charge is 2.15. The van der Waals surface area contributed by atoms with Gasteiger partial charge in [0, 0.05) is 10.7 Å². The van der Waals surface area contributed by atoms with Crippen molar-refractivity contribution >= 4 is 62.8 Å². The third-order valence-electron chi connectivity index (χ3n) is 4.39. The zero-order valence-electron chi connectivity index (χ0n) is 18.3. The summed E-state index contributed by atoms with van der Waals surface area (Å²) in [6.45, 7) is 2.53. The van der Waals surface area contributed by atoms with Gasteiger partial charge in [0.25, 0.3) is 0 Å². The van der Waals surface area contributed by atoms with E-state index in [1.165, 1.54) is 18.3 Å². The molecule has 0 unspecified atom stereocenters. The molecule has 0 fully saturated rings. The van der Waals surface area contributed by atoms with Crippen LogP contribution in [0.15, 0.2) is 64.2 Å². The maximum atomic E-state index is 13.2. The average molecular weight is 583 g/mol. The number of nitrogens with zero attached hydrogens (tertiary/aromatic N) is 1. The summed E-state index contributed by atoms with van der Waals surface area (Å²) < 4.78 is 25.4. The average Bonchev–Trinajstić information content (AvgIpc) is 2.82. The molecule has 2 amide bonds. The van der Waals surface area contributed by atoms with Gasteiger partial charge < -0.3 is 14.8 Å². The molecule has 0 radical (unpaired) electrons. The van der Waals surface area contributed by atoms with Crippen LogP contribution < -0.4 is 20.2 Å². The maximum Gasteiger partial charge on any atom is 0.329 e. The van der Waals surface area contributed by atoms with E-state index in [0.717, 1.165) is 11.6 Å². The van der Waals surface area contributed by atoms with Crippen LogP contribution in [-0.2, 0) is 16.2 Å². The molecular formula is C24H19BrCl2FN3O4. The summed E-state index contributed by atoms with van der Waals surface area (Å²) in [4.78, 5) is 24.0. The van der Waals surface area contributed by atoms with E-state index in [1.54, 1.807) is 24.3 Å². The lowest BCUT2D eigenvalue weighted by molar-refractivity contribution is -0.136. The minimum absolute atomic E-state index is 0.167. The number of amides is 2. The molecule has 3 aromatic carbocycles. The molecule has 0 spiro atoms. The first kappa shape index (κ1) is 26.5. The predicted molar refractivity (Wildman–Crippen MR) is 137 cm³/mol. The SMILES string of the molecule is CCOc1cc(/C=N/NC(=O)C(=O)Nc2ccc(F)c(Cl)c2)cc(Br)c1OCc1ccc(Cl)cc1. The minimum Gasteiger partial charge on any atom is -0.490 e. The van der Waals surface area contributed by atoms with Crippen LogP contribution in [0.4, 0.5) is 10.1 Å². The number of hydrogen-bond acceptors (Lipinski definition) is 5. The lowest BCUT2D eigenvalue weighted by atomic mass is 10.2. The maximum absolute atomic E-state index is 13.2. The highest BCUT2D eigenvalue weighted by molar-refractivity contribution is 9.10. The van der Waals surface area contributed by atoms with Crippen LogP contribution >= 0.6 is 39.1 Å². The second-order valence-electron chi connectivity index (χ2n) is 6.96. The normalized spacial score (nSPS) is 10.8. The van der Waals surface area contributed by atoms with Crippen molar-refractivity contribution in [3.05, 3.63) is 86.1 Å². The molecule has 2 N–H and O–H groups in total. The predicted octanol–water partition coefficient (Wildman–Crippen LogP) is 5.96. The van der Waals surface area contributed by atoms with Crippen molar-refractivity contribution in [2.45, 2.75) is 13.5 Å². The van der Waals surface area contributed by atoms with E-state index in [4.69, 9.17) is 32.7 Å².